The number of hydrogen-bond donors (Lipinski definition) is 1. The molecule has 1 aromatic rings. The Labute approximate surface area is 105 Å². The first-order chi connectivity index (χ1) is 8.22. The summed E-state index contributed by atoms with van der Waals surface area (Å²) in [4.78, 5) is 2.43. The Hall–Kier alpha value is -1.02. The predicted octanol–water partition coefficient (Wildman–Crippen LogP) is 2.68. The number of piperidine rings is 1. The van der Waals surface area contributed by atoms with Crippen LogP contribution >= 0.6 is 0 Å². The molecule has 0 amide bonds. The molecule has 0 aromatic heterocycles. The maximum Gasteiger partial charge on any atom is 0.0437 e. The second kappa shape index (κ2) is 5.54. The number of nitrogens with zero attached hydrogens (tertiary/aromatic N) is 1. The van der Waals surface area contributed by atoms with Gasteiger partial charge in [-0.05, 0) is 43.0 Å². The average Bonchev–Trinajstić information content (AvgIpc) is 2.39. The van der Waals surface area contributed by atoms with E-state index < -0.39 is 0 Å². The van der Waals surface area contributed by atoms with Gasteiger partial charge in [-0.15, -0.1) is 0 Å². The van der Waals surface area contributed by atoms with Crippen LogP contribution in [0.4, 0.5) is 5.69 Å². The molecule has 1 aliphatic heterocycles. The molecule has 1 aliphatic rings. The highest BCUT2D eigenvalue weighted by Gasteiger charge is 2.24. The lowest BCUT2D eigenvalue weighted by molar-refractivity contribution is 0.338. The second-order valence-corrected chi connectivity index (χ2v) is 5.17. The highest BCUT2D eigenvalue weighted by atomic mass is 15.2. The Bertz CT molecular complexity index is 344. The van der Waals surface area contributed by atoms with E-state index >= 15 is 0 Å². The molecule has 2 atom stereocenters. The van der Waals surface area contributed by atoms with Crippen molar-refractivity contribution in [2.75, 3.05) is 25.0 Å². The van der Waals surface area contributed by atoms with E-state index in [-0.39, 0.29) is 0 Å². The number of benzene rings is 1. The van der Waals surface area contributed by atoms with Crippen LogP contribution in [0.1, 0.15) is 25.8 Å². The van der Waals surface area contributed by atoms with Crippen LogP contribution in [0.2, 0.25) is 0 Å². The molecule has 1 N–H and O–H groups in total. The van der Waals surface area contributed by atoms with E-state index in [1.165, 1.54) is 24.2 Å². The topological polar surface area (TPSA) is 15.3 Å². The number of rotatable bonds is 3. The third-order valence-electron chi connectivity index (χ3n) is 4.04. The fourth-order valence-corrected chi connectivity index (χ4v) is 2.65. The maximum atomic E-state index is 3.50. The Morgan fingerprint density at radius 3 is 2.59 bits per heavy atom. The Morgan fingerprint density at radius 2 is 2.00 bits per heavy atom. The first-order valence-corrected chi connectivity index (χ1v) is 6.75. The van der Waals surface area contributed by atoms with Crippen LogP contribution in [0.3, 0.4) is 0 Å². The van der Waals surface area contributed by atoms with Gasteiger partial charge in [0.05, 0.1) is 0 Å². The summed E-state index contributed by atoms with van der Waals surface area (Å²) in [6.45, 7) is 6.84. The fourth-order valence-electron chi connectivity index (χ4n) is 2.65. The largest absolute Gasteiger partial charge is 0.370 e. The molecule has 0 aliphatic carbocycles. The fraction of sp³-hybridized carbons (Fsp3) is 0.600. The standard InChI is InChI=1S/C15H24N2/c1-4-13-5-7-14(8-6-13)17(3)15-11-16-10-9-12(15)2/h5-8,12,15-16H,4,9-11H2,1-3H3. The molecule has 0 saturated carbocycles. The van der Waals surface area contributed by atoms with Gasteiger partial charge in [0, 0.05) is 25.3 Å². The minimum Gasteiger partial charge on any atom is -0.370 e. The van der Waals surface area contributed by atoms with E-state index in [1.54, 1.807) is 0 Å². The molecule has 2 heteroatoms. The van der Waals surface area contributed by atoms with Crippen LogP contribution in [-0.4, -0.2) is 26.2 Å². The van der Waals surface area contributed by atoms with Crippen molar-refractivity contribution in [2.24, 2.45) is 5.92 Å². The molecule has 1 saturated heterocycles. The van der Waals surface area contributed by atoms with Gasteiger partial charge in [-0.3, -0.25) is 0 Å². The number of likely N-dealkylation sites (N-methyl/N-ethyl adjacent to an activating group) is 1. The van der Waals surface area contributed by atoms with Crippen LogP contribution in [0.5, 0.6) is 0 Å². The zero-order valence-electron chi connectivity index (χ0n) is 11.2. The van der Waals surface area contributed by atoms with Crippen molar-refractivity contribution in [3.8, 4) is 0 Å². The van der Waals surface area contributed by atoms with Gasteiger partial charge < -0.3 is 10.2 Å². The van der Waals surface area contributed by atoms with Gasteiger partial charge in [0.15, 0.2) is 0 Å². The lowest BCUT2D eigenvalue weighted by atomic mass is 9.93. The summed E-state index contributed by atoms with van der Waals surface area (Å²) in [6, 6.07) is 9.61. The van der Waals surface area contributed by atoms with E-state index in [9.17, 15) is 0 Å². The molecule has 1 fully saturated rings. The van der Waals surface area contributed by atoms with Crippen molar-refractivity contribution in [2.45, 2.75) is 32.7 Å². The summed E-state index contributed by atoms with van der Waals surface area (Å²) in [7, 11) is 2.22. The van der Waals surface area contributed by atoms with Gasteiger partial charge in [-0.25, -0.2) is 0 Å². The molecule has 1 aromatic carbocycles. The smallest absolute Gasteiger partial charge is 0.0437 e. The van der Waals surface area contributed by atoms with E-state index in [1.807, 2.05) is 0 Å². The first kappa shape index (κ1) is 12.4. The van der Waals surface area contributed by atoms with Crippen LogP contribution in [0, 0.1) is 5.92 Å². The number of aryl methyl sites for hydroxylation is 1. The minimum absolute atomic E-state index is 0.622. The third-order valence-corrected chi connectivity index (χ3v) is 4.04. The van der Waals surface area contributed by atoms with Crippen molar-refractivity contribution in [1.29, 1.82) is 0 Å². The first-order valence-electron chi connectivity index (χ1n) is 6.75. The molecule has 0 radical (unpaired) electrons. The van der Waals surface area contributed by atoms with Crippen LogP contribution < -0.4 is 10.2 Å². The molecular formula is C15H24N2. The van der Waals surface area contributed by atoms with Crippen molar-refractivity contribution in [1.82, 2.24) is 5.32 Å². The van der Waals surface area contributed by atoms with E-state index in [2.05, 4.69) is 55.4 Å². The Balaban J connectivity index is 2.09. The van der Waals surface area contributed by atoms with Gasteiger partial charge in [0.1, 0.15) is 0 Å². The molecule has 94 valence electrons. The summed E-state index contributed by atoms with van der Waals surface area (Å²) in [5.74, 6) is 0.770. The highest BCUT2D eigenvalue weighted by molar-refractivity contribution is 5.48. The van der Waals surface area contributed by atoms with Crippen molar-refractivity contribution >= 4 is 5.69 Å². The minimum atomic E-state index is 0.622. The molecule has 1 heterocycles. The highest BCUT2D eigenvalue weighted by Crippen LogP contribution is 2.23. The Kier molecular flexibility index (Phi) is 4.06. The summed E-state index contributed by atoms with van der Waals surface area (Å²) in [6.07, 6.45) is 2.40. The van der Waals surface area contributed by atoms with Crippen LogP contribution in [-0.2, 0) is 6.42 Å². The van der Waals surface area contributed by atoms with E-state index in [0.717, 1.165) is 18.9 Å². The van der Waals surface area contributed by atoms with E-state index in [0.29, 0.717) is 6.04 Å². The van der Waals surface area contributed by atoms with Crippen molar-refractivity contribution < 1.29 is 0 Å². The lowest BCUT2D eigenvalue weighted by Gasteiger charge is -2.38. The van der Waals surface area contributed by atoms with Gasteiger partial charge in [-0.2, -0.15) is 0 Å². The molecule has 0 bridgehead atoms. The van der Waals surface area contributed by atoms with Crippen molar-refractivity contribution in [3.05, 3.63) is 29.8 Å². The van der Waals surface area contributed by atoms with Gasteiger partial charge >= 0.3 is 0 Å². The van der Waals surface area contributed by atoms with Gasteiger partial charge in [0.2, 0.25) is 0 Å². The molecule has 2 unspecified atom stereocenters. The third kappa shape index (κ3) is 2.81. The van der Waals surface area contributed by atoms with Gasteiger partial charge in [-0.1, -0.05) is 26.0 Å². The molecular weight excluding hydrogens is 208 g/mol. The van der Waals surface area contributed by atoms with Crippen molar-refractivity contribution in [3.63, 3.8) is 0 Å². The monoisotopic (exact) mass is 232 g/mol. The molecule has 2 rings (SSSR count). The number of nitrogens with one attached hydrogen (secondary N) is 1. The number of anilines is 1. The van der Waals surface area contributed by atoms with Gasteiger partial charge in [0.25, 0.3) is 0 Å². The Morgan fingerprint density at radius 1 is 1.29 bits per heavy atom. The lowest BCUT2D eigenvalue weighted by Crippen LogP contribution is -2.49. The van der Waals surface area contributed by atoms with E-state index in [4.69, 9.17) is 0 Å². The SMILES string of the molecule is CCc1ccc(N(C)C2CNCCC2C)cc1. The average molecular weight is 232 g/mol. The summed E-state index contributed by atoms with van der Waals surface area (Å²) >= 11 is 0. The zero-order valence-corrected chi connectivity index (χ0v) is 11.2. The molecule has 0 spiro atoms. The maximum absolute atomic E-state index is 3.50. The molecule has 17 heavy (non-hydrogen) atoms. The molecule has 2 nitrogen and oxygen atoms in total. The summed E-state index contributed by atoms with van der Waals surface area (Å²) in [5.41, 5.74) is 2.75. The zero-order chi connectivity index (χ0) is 12.3. The second-order valence-electron chi connectivity index (χ2n) is 5.17. The predicted molar refractivity (Wildman–Crippen MR) is 74.7 cm³/mol. The normalized spacial score (nSPS) is 24.6. The summed E-state index contributed by atoms with van der Waals surface area (Å²) in [5, 5.41) is 3.50. The number of hydrogen-bond acceptors (Lipinski definition) is 2. The van der Waals surface area contributed by atoms with Crippen LogP contribution in [0.15, 0.2) is 24.3 Å². The quantitative estimate of drug-likeness (QED) is 0.862. The van der Waals surface area contributed by atoms with Crippen LogP contribution in [0.25, 0.3) is 0 Å². The summed E-state index contributed by atoms with van der Waals surface area (Å²) < 4.78 is 0.